The Morgan fingerprint density at radius 3 is 2.50 bits per heavy atom. The van der Waals surface area contributed by atoms with Gasteiger partial charge in [-0.25, -0.2) is 0 Å². The van der Waals surface area contributed by atoms with E-state index < -0.39 is 12.1 Å². The van der Waals surface area contributed by atoms with Crippen LogP contribution in [0.5, 0.6) is 0 Å². The lowest BCUT2D eigenvalue weighted by Gasteiger charge is -2.26. The zero-order valence-corrected chi connectivity index (χ0v) is 10.5. The molecule has 2 aliphatic rings. The molecule has 0 aromatic carbocycles. The summed E-state index contributed by atoms with van der Waals surface area (Å²) in [6.07, 6.45) is 4.27. The Bertz CT molecular complexity index is 380. The predicted molar refractivity (Wildman–Crippen MR) is 66.5 cm³/mol. The van der Waals surface area contributed by atoms with Gasteiger partial charge in [0.05, 0.1) is 11.6 Å². The van der Waals surface area contributed by atoms with Gasteiger partial charge in [-0.05, 0) is 49.7 Å². The van der Waals surface area contributed by atoms with Gasteiger partial charge in [-0.1, -0.05) is 13.0 Å². The largest absolute Gasteiger partial charge is 0.391 e. The fourth-order valence-corrected chi connectivity index (χ4v) is 2.45. The van der Waals surface area contributed by atoms with Gasteiger partial charge in [0.1, 0.15) is 0 Å². The predicted octanol–water partition coefficient (Wildman–Crippen LogP) is 4.66. The topological polar surface area (TPSA) is 12.4 Å². The number of nitrogens with zero attached hydrogens (tertiary/aromatic N) is 1. The van der Waals surface area contributed by atoms with Crippen molar-refractivity contribution in [2.24, 2.45) is 16.8 Å². The Morgan fingerprint density at radius 2 is 1.89 bits per heavy atom. The van der Waals surface area contributed by atoms with Gasteiger partial charge in [-0.2, -0.15) is 13.2 Å². The summed E-state index contributed by atoms with van der Waals surface area (Å²) >= 11 is 0. The van der Waals surface area contributed by atoms with Crippen molar-refractivity contribution < 1.29 is 13.2 Å². The fourth-order valence-electron chi connectivity index (χ4n) is 2.45. The molecule has 0 amide bonds. The maximum atomic E-state index is 12.6. The van der Waals surface area contributed by atoms with E-state index in [2.05, 4.69) is 18.0 Å². The van der Waals surface area contributed by atoms with Crippen molar-refractivity contribution in [1.82, 2.24) is 0 Å². The van der Waals surface area contributed by atoms with E-state index in [1.165, 1.54) is 0 Å². The molecule has 0 bridgehead atoms. The zero-order chi connectivity index (χ0) is 13.2. The Morgan fingerprint density at radius 1 is 1.22 bits per heavy atom. The van der Waals surface area contributed by atoms with Crippen molar-refractivity contribution >= 4 is 6.21 Å². The summed E-state index contributed by atoms with van der Waals surface area (Å²) in [6.45, 7) is 2.11. The van der Waals surface area contributed by atoms with Crippen LogP contribution in [0.1, 0.15) is 39.0 Å². The standard InChI is InChI=1S/C14H18F3N/c1-10-2-7-13(18-9-8-10)11-3-5-12(6-4-11)14(15,16)17/h2,7,9-10,12H,3-6,8H2,1H3. The Labute approximate surface area is 105 Å². The number of alkyl halides is 3. The molecule has 1 saturated carbocycles. The molecule has 18 heavy (non-hydrogen) atoms. The summed E-state index contributed by atoms with van der Waals surface area (Å²) in [6, 6.07) is 0. The smallest absolute Gasteiger partial charge is 0.261 e. The highest BCUT2D eigenvalue weighted by Gasteiger charge is 2.40. The Hall–Kier alpha value is -1.06. The van der Waals surface area contributed by atoms with Gasteiger partial charge in [0.15, 0.2) is 0 Å². The maximum Gasteiger partial charge on any atom is 0.391 e. The summed E-state index contributed by atoms with van der Waals surface area (Å²) in [4.78, 5) is 4.37. The van der Waals surface area contributed by atoms with Gasteiger partial charge in [0.25, 0.3) is 0 Å². The molecular weight excluding hydrogens is 239 g/mol. The first-order valence-corrected chi connectivity index (χ1v) is 6.46. The van der Waals surface area contributed by atoms with Gasteiger partial charge in [-0.15, -0.1) is 0 Å². The SMILES string of the molecule is CC1C=CC(=C2CCC(C(F)(F)F)CC2)N=CC1. The van der Waals surface area contributed by atoms with Crippen molar-refractivity contribution in [3.05, 3.63) is 23.4 Å². The van der Waals surface area contributed by atoms with E-state index in [9.17, 15) is 13.2 Å². The highest BCUT2D eigenvalue weighted by molar-refractivity contribution is 5.61. The molecule has 0 aromatic heterocycles. The minimum absolute atomic E-state index is 0.210. The molecule has 0 spiro atoms. The normalized spacial score (nSPS) is 29.6. The van der Waals surface area contributed by atoms with Crippen LogP contribution in [0.25, 0.3) is 0 Å². The molecular formula is C14H18F3N. The van der Waals surface area contributed by atoms with E-state index in [1.807, 2.05) is 12.3 Å². The molecule has 0 aromatic rings. The summed E-state index contributed by atoms with van der Waals surface area (Å²) in [5.74, 6) is -0.669. The van der Waals surface area contributed by atoms with Crippen molar-refractivity contribution in [3.63, 3.8) is 0 Å². The lowest BCUT2D eigenvalue weighted by atomic mass is 9.84. The van der Waals surface area contributed by atoms with Crippen LogP contribution in [0.3, 0.4) is 0 Å². The number of halogens is 3. The minimum Gasteiger partial charge on any atom is -0.261 e. The summed E-state index contributed by atoms with van der Waals surface area (Å²) < 4.78 is 37.7. The Balaban J connectivity index is 2.07. The molecule has 1 fully saturated rings. The molecule has 1 unspecified atom stereocenters. The fraction of sp³-hybridized carbons (Fsp3) is 0.643. The third-order valence-electron chi connectivity index (χ3n) is 3.70. The van der Waals surface area contributed by atoms with Crippen molar-refractivity contribution in [3.8, 4) is 0 Å². The van der Waals surface area contributed by atoms with Gasteiger partial charge < -0.3 is 0 Å². The number of hydrogen-bond donors (Lipinski definition) is 0. The molecule has 0 N–H and O–H groups in total. The first-order chi connectivity index (χ1) is 8.47. The average Bonchev–Trinajstić information content (AvgIpc) is 2.53. The van der Waals surface area contributed by atoms with Crippen LogP contribution in [0.15, 0.2) is 28.4 Å². The van der Waals surface area contributed by atoms with Crippen LogP contribution in [0.4, 0.5) is 13.2 Å². The third kappa shape index (κ3) is 3.24. The van der Waals surface area contributed by atoms with E-state index in [1.54, 1.807) is 0 Å². The first kappa shape index (κ1) is 13.4. The van der Waals surface area contributed by atoms with E-state index in [4.69, 9.17) is 0 Å². The molecule has 0 radical (unpaired) electrons. The summed E-state index contributed by atoms with van der Waals surface area (Å²) in [5.41, 5.74) is 1.97. The molecule has 0 saturated heterocycles. The summed E-state index contributed by atoms with van der Waals surface area (Å²) in [5, 5.41) is 0. The van der Waals surface area contributed by atoms with Crippen LogP contribution in [-0.2, 0) is 0 Å². The second-order valence-corrected chi connectivity index (χ2v) is 5.19. The zero-order valence-electron chi connectivity index (χ0n) is 10.5. The molecule has 1 aliphatic heterocycles. The monoisotopic (exact) mass is 257 g/mol. The quantitative estimate of drug-likeness (QED) is 0.598. The molecule has 1 nitrogen and oxygen atoms in total. The first-order valence-electron chi connectivity index (χ1n) is 6.46. The van der Waals surface area contributed by atoms with Crippen molar-refractivity contribution in [2.45, 2.75) is 45.2 Å². The Kier molecular flexibility index (Phi) is 3.93. The van der Waals surface area contributed by atoms with E-state index in [0.717, 1.165) is 17.7 Å². The molecule has 4 heteroatoms. The van der Waals surface area contributed by atoms with Crippen LogP contribution < -0.4 is 0 Å². The van der Waals surface area contributed by atoms with Crippen LogP contribution in [0.2, 0.25) is 0 Å². The number of aliphatic imine (C=N–C) groups is 1. The van der Waals surface area contributed by atoms with Crippen LogP contribution >= 0.6 is 0 Å². The number of hydrogen-bond acceptors (Lipinski definition) is 1. The van der Waals surface area contributed by atoms with Crippen LogP contribution in [0, 0.1) is 11.8 Å². The number of allylic oxidation sites excluding steroid dienone is 3. The van der Waals surface area contributed by atoms with Gasteiger partial charge in [0.2, 0.25) is 0 Å². The summed E-state index contributed by atoms with van der Waals surface area (Å²) in [7, 11) is 0. The van der Waals surface area contributed by atoms with E-state index in [0.29, 0.717) is 18.8 Å². The highest BCUT2D eigenvalue weighted by Crippen LogP contribution is 2.40. The van der Waals surface area contributed by atoms with Crippen molar-refractivity contribution in [2.75, 3.05) is 0 Å². The second-order valence-electron chi connectivity index (χ2n) is 5.19. The van der Waals surface area contributed by atoms with Crippen LogP contribution in [-0.4, -0.2) is 12.4 Å². The van der Waals surface area contributed by atoms with Gasteiger partial charge in [-0.3, -0.25) is 4.99 Å². The lowest BCUT2D eigenvalue weighted by molar-refractivity contribution is -0.179. The molecule has 2 rings (SSSR count). The lowest BCUT2D eigenvalue weighted by Crippen LogP contribution is -2.25. The van der Waals surface area contributed by atoms with E-state index in [-0.39, 0.29) is 12.8 Å². The minimum atomic E-state index is -4.03. The second kappa shape index (κ2) is 5.29. The number of rotatable bonds is 0. The molecule has 1 heterocycles. The van der Waals surface area contributed by atoms with Gasteiger partial charge in [0, 0.05) is 6.21 Å². The maximum absolute atomic E-state index is 12.6. The molecule has 1 atom stereocenters. The highest BCUT2D eigenvalue weighted by atomic mass is 19.4. The van der Waals surface area contributed by atoms with Gasteiger partial charge >= 0.3 is 6.18 Å². The molecule has 100 valence electrons. The van der Waals surface area contributed by atoms with Crippen molar-refractivity contribution in [1.29, 1.82) is 0 Å². The average molecular weight is 257 g/mol. The third-order valence-corrected chi connectivity index (χ3v) is 3.70. The molecule has 1 aliphatic carbocycles. The van der Waals surface area contributed by atoms with E-state index >= 15 is 0 Å².